The molecule has 0 fully saturated rings. The third-order valence-electron chi connectivity index (χ3n) is 2.12. The maximum Gasteiger partial charge on any atom is 0.120 e. The van der Waals surface area contributed by atoms with Crippen LogP contribution in [0, 0.1) is 0 Å². The van der Waals surface area contributed by atoms with E-state index in [-0.39, 0.29) is 6.61 Å². The summed E-state index contributed by atoms with van der Waals surface area (Å²) in [5.74, 6) is 0.313. The van der Waals surface area contributed by atoms with E-state index in [2.05, 4.69) is 21.2 Å². The number of phenolic OH excluding ortho intramolecular Hbond substituents is 1. The molecule has 0 aliphatic carbocycles. The van der Waals surface area contributed by atoms with Crippen molar-refractivity contribution in [2.75, 3.05) is 13.2 Å². The van der Waals surface area contributed by atoms with Crippen LogP contribution >= 0.6 is 15.9 Å². The highest BCUT2D eigenvalue weighted by Crippen LogP contribution is 2.21. The minimum Gasteiger partial charge on any atom is -0.508 e. The minimum atomic E-state index is 0.240. The molecule has 0 heterocycles. The lowest BCUT2D eigenvalue weighted by atomic mass is 10.2. The number of benzene rings is 1. The summed E-state index contributed by atoms with van der Waals surface area (Å²) in [6, 6.07) is 5.38. The van der Waals surface area contributed by atoms with Crippen LogP contribution in [0.15, 0.2) is 22.7 Å². The fraction of sp³-hybridized carbons (Fsp3) is 0.455. The Bertz CT molecular complexity index is 305. The summed E-state index contributed by atoms with van der Waals surface area (Å²) in [5, 5.41) is 21.3. The van der Waals surface area contributed by atoms with E-state index in [9.17, 15) is 5.11 Å². The number of phenols is 1. The Morgan fingerprint density at radius 3 is 2.80 bits per heavy atom. The van der Waals surface area contributed by atoms with E-state index in [1.165, 1.54) is 0 Å². The molecule has 0 amide bonds. The Morgan fingerprint density at radius 2 is 2.07 bits per heavy atom. The van der Waals surface area contributed by atoms with Gasteiger partial charge in [-0.2, -0.15) is 0 Å². The number of hydrogen-bond donors (Lipinski definition) is 3. The molecule has 0 aliphatic rings. The maximum absolute atomic E-state index is 9.54. The first kappa shape index (κ1) is 12.5. The third kappa shape index (κ3) is 4.64. The van der Waals surface area contributed by atoms with Crippen molar-refractivity contribution in [3.05, 3.63) is 28.2 Å². The molecule has 3 N–H and O–H groups in total. The summed E-state index contributed by atoms with van der Waals surface area (Å²) >= 11 is 3.36. The third-order valence-corrected chi connectivity index (χ3v) is 2.61. The Morgan fingerprint density at radius 1 is 1.27 bits per heavy atom. The summed E-state index contributed by atoms with van der Waals surface area (Å²) in [7, 11) is 0. The van der Waals surface area contributed by atoms with E-state index in [1.54, 1.807) is 6.07 Å². The first-order valence-electron chi connectivity index (χ1n) is 5.03. The fourth-order valence-corrected chi connectivity index (χ4v) is 1.69. The van der Waals surface area contributed by atoms with Gasteiger partial charge in [0.25, 0.3) is 0 Å². The number of rotatable bonds is 6. The first-order chi connectivity index (χ1) is 7.24. The molecule has 15 heavy (non-hydrogen) atoms. The second-order valence-corrected chi connectivity index (χ2v) is 4.30. The molecule has 0 atom stereocenters. The molecule has 0 saturated heterocycles. The Balaban J connectivity index is 2.33. The Labute approximate surface area is 98.3 Å². The minimum absolute atomic E-state index is 0.240. The summed E-state index contributed by atoms with van der Waals surface area (Å²) in [6.07, 6.45) is 1.77. The molecule has 0 radical (unpaired) electrons. The summed E-state index contributed by atoms with van der Waals surface area (Å²) in [5.41, 5.74) is 0.883. The SMILES string of the molecule is OCCCCNCc1cc(Br)ccc1O. The average molecular weight is 274 g/mol. The molecular formula is C11H16BrNO2. The van der Waals surface area contributed by atoms with Crippen molar-refractivity contribution in [2.45, 2.75) is 19.4 Å². The summed E-state index contributed by atoms with van der Waals surface area (Å²) in [6.45, 7) is 1.74. The predicted molar refractivity (Wildman–Crippen MR) is 63.8 cm³/mol. The van der Waals surface area contributed by atoms with Gasteiger partial charge < -0.3 is 15.5 Å². The predicted octanol–water partition coefficient (Wildman–Crippen LogP) is 2.02. The van der Waals surface area contributed by atoms with Crippen LogP contribution in [-0.4, -0.2) is 23.4 Å². The van der Waals surface area contributed by atoms with Gasteiger partial charge in [-0.15, -0.1) is 0 Å². The van der Waals surface area contributed by atoms with Crippen LogP contribution in [0.2, 0.25) is 0 Å². The second kappa shape index (κ2) is 6.82. The lowest BCUT2D eigenvalue weighted by molar-refractivity contribution is 0.283. The van der Waals surface area contributed by atoms with Gasteiger partial charge >= 0.3 is 0 Å². The largest absolute Gasteiger partial charge is 0.508 e. The molecule has 0 aromatic heterocycles. The number of aliphatic hydroxyl groups is 1. The molecule has 1 aromatic rings. The molecule has 4 heteroatoms. The Hall–Kier alpha value is -0.580. The first-order valence-corrected chi connectivity index (χ1v) is 5.82. The Kier molecular flexibility index (Phi) is 5.68. The van der Waals surface area contributed by atoms with Gasteiger partial charge in [-0.05, 0) is 37.6 Å². The fourth-order valence-electron chi connectivity index (χ4n) is 1.28. The lowest BCUT2D eigenvalue weighted by Gasteiger charge is -2.06. The van der Waals surface area contributed by atoms with Crippen LogP contribution in [0.1, 0.15) is 18.4 Å². The van der Waals surface area contributed by atoms with Gasteiger partial charge in [0.05, 0.1) is 0 Å². The standard InChI is InChI=1S/C11H16BrNO2/c12-10-3-4-11(15)9(7-10)8-13-5-1-2-6-14/h3-4,7,13-15H,1-2,5-6,8H2. The number of unbranched alkanes of at least 4 members (excludes halogenated alkanes) is 1. The molecule has 1 rings (SSSR count). The van der Waals surface area contributed by atoms with E-state index >= 15 is 0 Å². The van der Waals surface area contributed by atoms with E-state index in [4.69, 9.17) is 5.11 Å². The zero-order valence-corrected chi connectivity index (χ0v) is 10.1. The van der Waals surface area contributed by atoms with Crippen molar-refractivity contribution in [1.29, 1.82) is 0 Å². The zero-order valence-electron chi connectivity index (χ0n) is 8.54. The highest BCUT2D eigenvalue weighted by atomic mass is 79.9. The van der Waals surface area contributed by atoms with Crippen LogP contribution < -0.4 is 5.32 Å². The number of hydrogen-bond acceptors (Lipinski definition) is 3. The van der Waals surface area contributed by atoms with E-state index in [0.29, 0.717) is 12.3 Å². The van der Waals surface area contributed by atoms with Crippen LogP contribution in [0.5, 0.6) is 5.75 Å². The van der Waals surface area contributed by atoms with Gasteiger partial charge in [0.15, 0.2) is 0 Å². The van der Waals surface area contributed by atoms with E-state index < -0.39 is 0 Å². The van der Waals surface area contributed by atoms with Crippen molar-refractivity contribution < 1.29 is 10.2 Å². The zero-order chi connectivity index (χ0) is 11.1. The molecule has 0 unspecified atom stereocenters. The van der Waals surface area contributed by atoms with Crippen LogP contribution in [0.25, 0.3) is 0 Å². The number of nitrogens with one attached hydrogen (secondary N) is 1. The van der Waals surface area contributed by atoms with Crippen molar-refractivity contribution in [2.24, 2.45) is 0 Å². The van der Waals surface area contributed by atoms with Crippen molar-refractivity contribution in [1.82, 2.24) is 5.32 Å². The number of halogens is 1. The summed E-state index contributed by atoms with van der Waals surface area (Å²) < 4.78 is 0.965. The van der Waals surface area contributed by atoms with Gasteiger partial charge in [-0.25, -0.2) is 0 Å². The highest BCUT2D eigenvalue weighted by molar-refractivity contribution is 9.10. The van der Waals surface area contributed by atoms with Crippen LogP contribution in [0.4, 0.5) is 0 Å². The number of aliphatic hydroxyl groups excluding tert-OH is 1. The van der Waals surface area contributed by atoms with Crippen LogP contribution in [-0.2, 0) is 6.54 Å². The van der Waals surface area contributed by atoms with Gasteiger partial charge in [0, 0.05) is 23.2 Å². The molecule has 84 valence electrons. The monoisotopic (exact) mass is 273 g/mol. The summed E-state index contributed by atoms with van der Waals surface area (Å²) in [4.78, 5) is 0. The van der Waals surface area contributed by atoms with E-state index in [0.717, 1.165) is 29.4 Å². The maximum atomic E-state index is 9.54. The molecule has 1 aromatic carbocycles. The molecule has 0 aliphatic heterocycles. The quantitative estimate of drug-likeness (QED) is 0.696. The van der Waals surface area contributed by atoms with Gasteiger partial charge in [0.1, 0.15) is 5.75 Å². The van der Waals surface area contributed by atoms with Gasteiger partial charge in [-0.3, -0.25) is 0 Å². The second-order valence-electron chi connectivity index (χ2n) is 3.38. The van der Waals surface area contributed by atoms with Crippen LogP contribution in [0.3, 0.4) is 0 Å². The lowest BCUT2D eigenvalue weighted by Crippen LogP contribution is -2.15. The average Bonchev–Trinajstić information content (AvgIpc) is 2.23. The van der Waals surface area contributed by atoms with Crippen molar-refractivity contribution in [3.63, 3.8) is 0 Å². The molecule has 0 saturated carbocycles. The molecular weight excluding hydrogens is 258 g/mol. The molecule has 3 nitrogen and oxygen atoms in total. The van der Waals surface area contributed by atoms with Crippen molar-refractivity contribution >= 4 is 15.9 Å². The molecule has 0 bridgehead atoms. The number of aromatic hydroxyl groups is 1. The van der Waals surface area contributed by atoms with Gasteiger partial charge in [-0.1, -0.05) is 15.9 Å². The topological polar surface area (TPSA) is 52.5 Å². The van der Waals surface area contributed by atoms with E-state index in [1.807, 2.05) is 12.1 Å². The normalized spacial score (nSPS) is 10.5. The smallest absolute Gasteiger partial charge is 0.120 e. The van der Waals surface area contributed by atoms with Gasteiger partial charge in [0.2, 0.25) is 0 Å². The van der Waals surface area contributed by atoms with Crippen molar-refractivity contribution in [3.8, 4) is 5.75 Å². The highest BCUT2D eigenvalue weighted by Gasteiger charge is 2.00. The molecule has 0 spiro atoms.